The lowest BCUT2D eigenvalue weighted by Gasteiger charge is -2.09. The lowest BCUT2D eigenvalue weighted by molar-refractivity contribution is -0.110. The van der Waals surface area contributed by atoms with E-state index >= 15 is 0 Å². The van der Waals surface area contributed by atoms with Gasteiger partial charge in [-0.1, -0.05) is 0 Å². The van der Waals surface area contributed by atoms with E-state index in [1.54, 1.807) is 0 Å². The number of hydrogen-bond donors (Lipinski definition) is 2. The van der Waals surface area contributed by atoms with Crippen molar-refractivity contribution >= 4 is 34.4 Å². The summed E-state index contributed by atoms with van der Waals surface area (Å²) in [6.45, 7) is 1.90. The van der Waals surface area contributed by atoms with Gasteiger partial charge in [0.2, 0.25) is 0 Å². The molecule has 2 N–H and O–H groups in total. The minimum atomic E-state index is -1.02. The Kier molecular flexibility index (Phi) is 3.98. The lowest BCUT2D eigenvalue weighted by atomic mass is 9.98. The first kappa shape index (κ1) is 15.5. The summed E-state index contributed by atoms with van der Waals surface area (Å²) in [5, 5.41) is 2.89. The molecule has 1 aromatic heterocycles. The van der Waals surface area contributed by atoms with Crippen LogP contribution in [0, 0.1) is 0 Å². The maximum atomic E-state index is 12.4. The van der Waals surface area contributed by atoms with Crippen molar-refractivity contribution in [3.63, 3.8) is 0 Å². The van der Waals surface area contributed by atoms with E-state index in [4.69, 9.17) is 0 Å². The molecule has 1 atom stereocenters. The molecule has 1 unspecified atom stereocenters. The highest BCUT2D eigenvalue weighted by Gasteiger charge is 2.26. The molecular weight excluding hydrogens is 320 g/mol. The van der Waals surface area contributed by atoms with Crippen LogP contribution in [-0.4, -0.2) is 21.2 Å². The number of carbonyl (C=O) groups is 1. The van der Waals surface area contributed by atoms with E-state index in [-0.39, 0.29) is 5.91 Å². The molecule has 0 saturated heterocycles. The van der Waals surface area contributed by atoms with Crippen molar-refractivity contribution in [1.82, 2.24) is 4.98 Å². The molecule has 2 aromatic rings. The van der Waals surface area contributed by atoms with Crippen molar-refractivity contribution in [2.45, 2.75) is 37.5 Å². The molecule has 1 amide bonds. The number of anilines is 1. The zero-order valence-electron chi connectivity index (χ0n) is 13.6. The van der Waals surface area contributed by atoms with Crippen molar-refractivity contribution in [3.05, 3.63) is 46.8 Å². The highest BCUT2D eigenvalue weighted by atomic mass is 32.2. The minimum absolute atomic E-state index is 0.1000. The first-order valence-electron chi connectivity index (χ1n) is 8.42. The monoisotopic (exact) mass is 340 g/mol. The first-order chi connectivity index (χ1) is 11.7. The second kappa shape index (κ2) is 6.15. The Balaban J connectivity index is 1.74. The normalized spacial score (nSPS) is 19.1. The van der Waals surface area contributed by atoms with Crippen molar-refractivity contribution in [1.29, 1.82) is 0 Å². The number of aromatic amines is 1. The van der Waals surface area contributed by atoms with Crippen molar-refractivity contribution in [3.8, 4) is 0 Å². The standard InChI is InChI=1S/C19H20N2O2S/c1-2-24(23)14-7-8-18-15(11-14)16(19(22)21-18)10-13-9-12-5-3-4-6-17(12)20-13/h7-11,20H,2-6H2,1H3,(H,21,22)/b16-10-. The van der Waals surface area contributed by atoms with Crippen LogP contribution in [0.4, 0.5) is 5.69 Å². The van der Waals surface area contributed by atoms with E-state index in [0.29, 0.717) is 11.3 Å². The number of aromatic nitrogens is 1. The first-order valence-corrected chi connectivity index (χ1v) is 9.74. The number of fused-ring (bicyclic) bond motifs is 2. The highest BCUT2D eigenvalue weighted by molar-refractivity contribution is 7.91. The van der Waals surface area contributed by atoms with Crippen molar-refractivity contribution in [2.75, 3.05) is 11.1 Å². The fraction of sp³-hybridized carbons (Fsp3) is 0.316. The predicted octanol–water partition coefficient (Wildman–Crippen LogP) is 3.51. The maximum absolute atomic E-state index is 12.4. The van der Waals surface area contributed by atoms with Gasteiger partial charge in [-0.05, 0) is 73.6 Å². The van der Waals surface area contributed by atoms with Gasteiger partial charge in [-0.25, -0.2) is 0 Å². The molecule has 24 heavy (non-hydrogen) atoms. The van der Waals surface area contributed by atoms with E-state index in [1.165, 1.54) is 24.1 Å². The van der Waals surface area contributed by atoms with Crippen LogP contribution in [0.1, 0.15) is 42.3 Å². The number of benzene rings is 1. The average molecular weight is 340 g/mol. The fourth-order valence-corrected chi connectivity index (χ4v) is 4.28. The second-order valence-corrected chi connectivity index (χ2v) is 8.03. The van der Waals surface area contributed by atoms with Crippen LogP contribution in [0.2, 0.25) is 0 Å². The van der Waals surface area contributed by atoms with E-state index in [0.717, 1.165) is 34.7 Å². The Morgan fingerprint density at radius 3 is 2.88 bits per heavy atom. The second-order valence-electron chi connectivity index (χ2n) is 6.29. The van der Waals surface area contributed by atoms with Gasteiger partial charge in [-0.2, -0.15) is 0 Å². The lowest BCUT2D eigenvalue weighted by Crippen LogP contribution is -2.03. The van der Waals surface area contributed by atoms with Gasteiger partial charge in [0.25, 0.3) is 5.91 Å². The predicted molar refractivity (Wildman–Crippen MR) is 97.3 cm³/mol. The van der Waals surface area contributed by atoms with Crippen LogP contribution < -0.4 is 5.32 Å². The Labute approximate surface area is 144 Å². The summed E-state index contributed by atoms with van der Waals surface area (Å²) >= 11 is -1.02. The van der Waals surface area contributed by atoms with Crippen molar-refractivity contribution in [2.24, 2.45) is 0 Å². The molecular formula is C19H20N2O2S. The van der Waals surface area contributed by atoms with Gasteiger partial charge in [0.1, 0.15) is 5.75 Å². The Bertz CT molecular complexity index is 814. The Morgan fingerprint density at radius 1 is 1.25 bits per heavy atom. The van der Waals surface area contributed by atoms with Crippen LogP contribution >= 0.6 is 0 Å². The summed E-state index contributed by atoms with van der Waals surface area (Å²) in [4.78, 5) is 16.6. The number of carbonyl (C=O) groups excluding carboxylic acids is 1. The summed E-state index contributed by atoms with van der Waals surface area (Å²) in [5.74, 6) is 0.472. The van der Waals surface area contributed by atoms with Gasteiger partial charge in [0.05, 0.1) is 5.57 Å². The van der Waals surface area contributed by atoms with E-state index in [1.807, 2.05) is 31.2 Å². The number of aryl methyl sites for hydroxylation is 2. The molecule has 2 aliphatic rings. The SMILES string of the molecule is CC[S+]([O-])c1ccc2c(c1)/C(=C/c1cc3c([nH]1)CCCC3)C(=O)N2. The maximum Gasteiger partial charge on any atom is 0.256 e. The molecule has 4 rings (SSSR count). The van der Waals surface area contributed by atoms with E-state index in [9.17, 15) is 9.35 Å². The van der Waals surface area contributed by atoms with Crippen LogP contribution in [0.25, 0.3) is 11.6 Å². The number of hydrogen-bond acceptors (Lipinski definition) is 2. The summed E-state index contributed by atoms with van der Waals surface area (Å²) in [5.41, 5.74) is 5.91. The highest BCUT2D eigenvalue weighted by Crippen LogP contribution is 2.35. The Morgan fingerprint density at radius 2 is 2.08 bits per heavy atom. The van der Waals surface area contributed by atoms with Crippen LogP contribution in [0.15, 0.2) is 29.2 Å². The van der Waals surface area contributed by atoms with Gasteiger partial charge >= 0.3 is 0 Å². The molecule has 5 heteroatoms. The fourth-order valence-electron chi connectivity index (χ4n) is 3.48. The van der Waals surface area contributed by atoms with E-state index < -0.39 is 11.2 Å². The molecule has 124 valence electrons. The summed E-state index contributed by atoms with van der Waals surface area (Å²) in [7, 11) is 0. The minimum Gasteiger partial charge on any atom is -0.611 e. The molecule has 1 aliphatic carbocycles. The molecule has 0 radical (unpaired) electrons. The van der Waals surface area contributed by atoms with Gasteiger partial charge < -0.3 is 14.9 Å². The smallest absolute Gasteiger partial charge is 0.256 e. The largest absolute Gasteiger partial charge is 0.611 e. The molecule has 1 aromatic carbocycles. The molecule has 2 heterocycles. The van der Waals surface area contributed by atoms with Gasteiger partial charge in [-0.3, -0.25) is 4.79 Å². The molecule has 1 aliphatic heterocycles. The Hall–Kier alpha value is -1.98. The third kappa shape index (κ3) is 2.68. The molecule has 4 nitrogen and oxygen atoms in total. The van der Waals surface area contributed by atoms with Crippen LogP contribution in [0.5, 0.6) is 0 Å². The van der Waals surface area contributed by atoms with Crippen molar-refractivity contribution < 1.29 is 9.35 Å². The number of H-pyrrole nitrogens is 1. The van der Waals surface area contributed by atoms with Gasteiger partial charge in [0, 0.05) is 28.7 Å². The molecule has 0 spiro atoms. The average Bonchev–Trinajstić information content (AvgIpc) is 3.14. The summed E-state index contributed by atoms with van der Waals surface area (Å²) < 4.78 is 12.1. The number of nitrogens with one attached hydrogen (secondary N) is 2. The van der Waals surface area contributed by atoms with Gasteiger partial charge in [-0.15, -0.1) is 0 Å². The zero-order valence-corrected chi connectivity index (χ0v) is 14.5. The zero-order chi connectivity index (χ0) is 16.7. The van der Waals surface area contributed by atoms with Gasteiger partial charge in [0.15, 0.2) is 4.90 Å². The number of rotatable bonds is 3. The van der Waals surface area contributed by atoms with E-state index in [2.05, 4.69) is 16.4 Å². The quantitative estimate of drug-likeness (QED) is 0.663. The molecule has 0 saturated carbocycles. The van der Waals surface area contributed by atoms with Crippen LogP contribution in [-0.2, 0) is 28.8 Å². The number of amides is 1. The molecule has 0 fully saturated rings. The topological polar surface area (TPSA) is 67.9 Å². The third-order valence-electron chi connectivity index (χ3n) is 4.73. The summed E-state index contributed by atoms with van der Waals surface area (Å²) in [6, 6.07) is 7.70. The molecule has 0 bridgehead atoms. The van der Waals surface area contributed by atoms with Crippen LogP contribution in [0.3, 0.4) is 0 Å². The third-order valence-corrected chi connectivity index (χ3v) is 6.04. The summed E-state index contributed by atoms with van der Waals surface area (Å²) in [6.07, 6.45) is 6.56.